The summed E-state index contributed by atoms with van der Waals surface area (Å²) in [5.74, 6) is 1.44. The molecule has 0 atom stereocenters. The minimum Gasteiger partial charge on any atom is -0.494 e. The minimum atomic E-state index is 0.542. The average molecular weight is 402 g/mol. The number of anilines is 1. The molecule has 0 spiro atoms. The summed E-state index contributed by atoms with van der Waals surface area (Å²) in [5.41, 5.74) is 10.8. The molecule has 6 heteroatoms. The Labute approximate surface area is 176 Å². The van der Waals surface area contributed by atoms with Gasteiger partial charge in [0.05, 0.1) is 17.5 Å². The van der Waals surface area contributed by atoms with Crippen LogP contribution in [-0.4, -0.2) is 47.9 Å². The molecule has 0 amide bonds. The Kier molecular flexibility index (Phi) is 5.02. The topological polar surface area (TPSA) is 79.2 Å². The van der Waals surface area contributed by atoms with Crippen LogP contribution in [0.4, 0.5) is 5.82 Å². The fourth-order valence-corrected chi connectivity index (χ4v) is 4.34. The molecule has 0 unspecified atom stereocenters. The first-order valence-corrected chi connectivity index (χ1v) is 10.6. The molecule has 0 saturated carbocycles. The first-order valence-electron chi connectivity index (χ1n) is 10.6. The Morgan fingerprint density at radius 1 is 1.03 bits per heavy atom. The molecule has 4 aromatic rings. The highest BCUT2D eigenvalue weighted by molar-refractivity contribution is 6.03. The zero-order chi connectivity index (χ0) is 20.5. The number of fused-ring (bicyclic) bond motifs is 2. The average Bonchev–Trinajstić information content (AvgIpc) is 3.14. The molecule has 0 radical (unpaired) electrons. The zero-order valence-corrected chi connectivity index (χ0v) is 17.2. The standard InChI is InChI=1S/C24H27N5O/c1-2-30-20-6-5-17-13-19(4-3-18(17)14-20)21-11-16(15-29-9-7-26-8-10-29)12-22-23(21)24(25)28-27-22/h3-6,11-14,26H,2,7-10,15H2,1H3,(H3,25,27,28). The van der Waals surface area contributed by atoms with Gasteiger partial charge in [-0.3, -0.25) is 10.00 Å². The summed E-state index contributed by atoms with van der Waals surface area (Å²) >= 11 is 0. The third kappa shape index (κ3) is 3.60. The van der Waals surface area contributed by atoms with Gasteiger partial charge in [-0.25, -0.2) is 0 Å². The number of nitrogens with zero attached hydrogens (tertiary/aromatic N) is 2. The Balaban J connectivity index is 1.57. The van der Waals surface area contributed by atoms with E-state index >= 15 is 0 Å². The number of nitrogens with one attached hydrogen (secondary N) is 2. The number of rotatable bonds is 5. The van der Waals surface area contributed by atoms with Crippen molar-refractivity contribution in [1.82, 2.24) is 20.4 Å². The number of benzene rings is 3. The number of hydrogen-bond acceptors (Lipinski definition) is 5. The van der Waals surface area contributed by atoms with Gasteiger partial charge in [0.2, 0.25) is 0 Å². The largest absolute Gasteiger partial charge is 0.494 e. The Morgan fingerprint density at radius 2 is 1.83 bits per heavy atom. The number of hydrogen-bond donors (Lipinski definition) is 3. The molecular weight excluding hydrogens is 374 g/mol. The lowest BCUT2D eigenvalue weighted by molar-refractivity contribution is 0.233. The highest BCUT2D eigenvalue weighted by Gasteiger charge is 2.15. The molecule has 1 fully saturated rings. The van der Waals surface area contributed by atoms with Crippen LogP contribution in [0.1, 0.15) is 12.5 Å². The molecule has 154 valence electrons. The van der Waals surface area contributed by atoms with Crippen LogP contribution >= 0.6 is 0 Å². The molecular formula is C24H27N5O. The van der Waals surface area contributed by atoms with Gasteiger partial charge in [-0.15, -0.1) is 0 Å². The second kappa shape index (κ2) is 7.97. The van der Waals surface area contributed by atoms with E-state index in [1.165, 1.54) is 10.9 Å². The van der Waals surface area contributed by atoms with Gasteiger partial charge in [0.1, 0.15) is 5.75 Å². The van der Waals surface area contributed by atoms with Crippen molar-refractivity contribution >= 4 is 27.5 Å². The maximum absolute atomic E-state index is 6.24. The summed E-state index contributed by atoms with van der Waals surface area (Å²) in [5, 5.41) is 14.1. The van der Waals surface area contributed by atoms with Crippen LogP contribution in [0.5, 0.6) is 5.75 Å². The van der Waals surface area contributed by atoms with Crippen molar-refractivity contribution in [3.05, 3.63) is 54.1 Å². The van der Waals surface area contributed by atoms with E-state index in [1.807, 2.05) is 13.0 Å². The van der Waals surface area contributed by atoms with Crippen molar-refractivity contribution in [1.29, 1.82) is 0 Å². The van der Waals surface area contributed by atoms with Gasteiger partial charge in [-0.1, -0.05) is 18.2 Å². The minimum absolute atomic E-state index is 0.542. The molecule has 3 aromatic carbocycles. The molecule has 6 nitrogen and oxygen atoms in total. The lowest BCUT2D eigenvalue weighted by atomic mass is 9.96. The highest BCUT2D eigenvalue weighted by atomic mass is 16.5. The predicted octanol–water partition coefficient (Wildman–Crippen LogP) is 3.77. The van der Waals surface area contributed by atoms with Crippen molar-refractivity contribution < 1.29 is 4.74 Å². The van der Waals surface area contributed by atoms with Gasteiger partial charge < -0.3 is 15.8 Å². The van der Waals surface area contributed by atoms with Crippen LogP contribution in [-0.2, 0) is 6.54 Å². The highest BCUT2D eigenvalue weighted by Crippen LogP contribution is 2.35. The fraction of sp³-hybridized carbons (Fsp3) is 0.292. The van der Waals surface area contributed by atoms with E-state index < -0.39 is 0 Å². The molecule has 1 aliphatic heterocycles. The molecule has 4 N–H and O–H groups in total. The molecule has 5 rings (SSSR count). The molecule has 30 heavy (non-hydrogen) atoms. The van der Waals surface area contributed by atoms with Gasteiger partial charge in [0.15, 0.2) is 5.82 Å². The number of aromatic nitrogens is 2. The van der Waals surface area contributed by atoms with Gasteiger partial charge in [-0.05, 0) is 64.7 Å². The predicted molar refractivity (Wildman–Crippen MR) is 123 cm³/mol. The maximum Gasteiger partial charge on any atom is 0.153 e. The molecule has 1 aliphatic rings. The van der Waals surface area contributed by atoms with Crippen LogP contribution in [0.3, 0.4) is 0 Å². The zero-order valence-electron chi connectivity index (χ0n) is 17.2. The maximum atomic E-state index is 6.24. The monoisotopic (exact) mass is 401 g/mol. The SMILES string of the molecule is CCOc1ccc2cc(-c3cc(CN4CCNCC4)cc4[nH]nc(N)c34)ccc2c1. The lowest BCUT2D eigenvalue weighted by Gasteiger charge is -2.27. The van der Waals surface area contributed by atoms with Gasteiger partial charge >= 0.3 is 0 Å². The molecule has 0 aliphatic carbocycles. The van der Waals surface area contributed by atoms with Crippen LogP contribution in [0.15, 0.2) is 48.5 Å². The van der Waals surface area contributed by atoms with Crippen LogP contribution in [0.2, 0.25) is 0 Å². The Bertz CT molecular complexity index is 1190. The Morgan fingerprint density at radius 3 is 2.67 bits per heavy atom. The number of ether oxygens (including phenoxy) is 1. The first-order chi connectivity index (χ1) is 14.7. The van der Waals surface area contributed by atoms with E-state index in [9.17, 15) is 0 Å². The third-order valence-corrected chi connectivity index (χ3v) is 5.80. The second-order valence-electron chi connectivity index (χ2n) is 7.86. The molecule has 0 bridgehead atoms. The van der Waals surface area contributed by atoms with Gasteiger partial charge in [0.25, 0.3) is 0 Å². The van der Waals surface area contributed by atoms with Crippen LogP contribution in [0.25, 0.3) is 32.8 Å². The van der Waals surface area contributed by atoms with E-state index in [-0.39, 0.29) is 0 Å². The number of nitrogen functional groups attached to an aromatic ring is 1. The van der Waals surface area contributed by atoms with Crippen molar-refractivity contribution in [2.75, 3.05) is 38.5 Å². The molecule has 1 saturated heterocycles. The molecule has 1 aromatic heterocycles. The third-order valence-electron chi connectivity index (χ3n) is 5.80. The smallest absolute Gasteiger partial charge is 0.153 e. The summed E-state index contributed by atoms with van der Waals surface area (Å²) in [4.78, 5) is 2.48. The fourth-order valence-electron chi connectivity index (χ4n) is 4.34. The van der Waals surface area contributed by atoms with Gasteiger partial charge in [-0.2, -0.15) is 5.10 Å². The molecule has 2 heterocycles. The van der Waals surface area contributed by atoms with Crippen molar-refractivity contribution in [3.63, 3.8) is 0 Å². The summed E-state index contributed by atoms with van der Waals surface area (Å²) < 4.78 is 5.64. The van der Waals surface area contributed by atoms with Crippen LogP contribution in [0, 0.1) is 0 Å². The summed E-state index contributed by atoms with van der Waals surface area (Å²) in [6.45, 7) is 7.81. The van der Waals surface area contributed by atoms with Crippen molar-refractivity contribution in [2.24, 2.45) is 0 Å². The number of nitrogens with two attached hydrogens (primary N) is 1. The Hall–Kier alpha value is -3.09. The van der Waals surface area contributed by atoms with E-state index in [2.05, 4.69) is 62.9 Å². The van der Waals surface area contributed by atoms with E-state index in [0.29, 0.717) is 12.4 Å². The number of piperazine rings is 1. The first kappa shape index (κ1) is 18.9. The quantitative estimate of drug-likeness (QED) is 0.474. The number of aromatic amines is 1. The van der Waals surface area contributed by atoms with E-state index in [1.54, 1.807) is 0 Å². The van der Waals surface area contributed by atoms with Crippen molar-refractivity contribution in [3.8, 4) is 16.9 Å². The summed E-state index contributed by atoms with van der Waals surface area (Å²) in [6, 6.07) is 17.2. The summed E-state index contributed by atoms with van der Waals surface area (Å²) in [6.07, 6.45) is 0. The number of H-pyrrole nitrogens is 1. The summed E-state index contributed by atoms with van der Waals surface area (Å²) in [7, 11) is 0. The van der Waals surface area contributed by atoms with Gasteiger partial charge in [0, 0.05) is 32.7 Å². The lowest BCUT2D eigenvalue weighted by Crippen LogP contribution is -2.42. The van der Waals surface area contributed by atoms with E-state index in [4.69, 9.17) is 10.5 Å². The van der Waals surface area contributed by atoms with E-state index in [0.717, 1.165) is 65.9 Å². The van der Waals surface area contributed by atoms with Crippen molar-refractivity contribution in [2.45, 2.75) is 13.5 Å². The van der Waals surface area contributed by atoms with Crippen LogP contribution < -0.4 is 15.8 Å². The normalized spacial score (nSPS) is 15.1. The second-order valence-corrected chi connectivity index (χ2v) is 7.86.